The van der Waals surface area contributed by atoms with E-state index >= 15 is 0 Å². The van der Waals surface area contributed by atoms with E-state index in [4.69, 9.17) is 0 Å². The van der Waals surface area contributed by atoms with Gasteiger partial charge in [-0.3, -0.25) is 4.79 Å². The van der Waals surface area contributed by atoms with Crippen LogP contribution in [-0.2, 0) is 4.79 Å². The molecule has 4 nitrogen and oxygen atoms in total. The fourth-order valence-corrected chi connectivity index (χ4v) is 1.36. The smallest absolute Gasteiger partial charge is 0.152 e. The fraction of sp³-hybridized carbons (Fsp3) is 0.500. The van der Waals surface area contributed by atoms with Crippen LogP contribution in [0.15, 0.2) is 29.6 Å². The van der Waals surface area contributed by atoms with Crippen LogP contribution in [0, 0.1) is 4.91 Å². The molecule has 0 saturated heterocycles. The first kappa shape index (κ1) is 10.6. The van der Waals surface area contributed by atoms with Gasteiger partial charge < -0.3 is 4.90 Å². The lowest BCUT2D eigenvalue weighted by Gasteiger charge is -2.27. The number of nitrogens with zero attached hydrogens (tertiary/aromatic N) is 2. The Bertz CT molecular complexity index is 271. The minimum Gasteiger partial charge on any atom is -0.349 e. The molecular formula is C10H14N2O2. The lowest BCUT2D eigenvalue weighted by molar-refractivity contribution is -0.119. The van der Waals surface area contributed by atoms with Gasteiger partial charge in [-0.15, -0.1) is 4.91 Å². The van der Waals surface area contributed by atoms with Gasteiger partial charge in [-0.1, -0.05) is 19.1 Å². The normalized spacial score (nSPS) is 19.8. The number of carbonyl (C=O) groups excluding carboxylic acids is 1. The number of allylic oxidation sites excluding steroid dienone is 2. The first-order valence-electron chi connectivity index (χ1n) is 4.69. The molecule has 0 aromatic heterocycles. The summed E-state index contributed by atoms with van der Waals surface area (Å²) in [6.45, 7) is 1.94. The Labute approximate surface area is 83.3 Å². The van der Waals surface area contributed by atoms with Crippen molar-refractivity contribution in [3.8, 4) is 0 Å². The van der Waals surface area contributed by atoms with E-state index in [1.54, 1.807) is 11.1 Å². The van der Waals surface area contributed by atoms with E-state index in [1.165, 1.54) is 0 Å². The summed E-state index contributed by atoms with van der Waals surface area (Å²) in [5, 5.41) is 2.82. The van der Waals surface area contributed by atoms with Crippen molar-refractivity contribution in [2.45, 2.75) is 25.8 Å². The monoisotopic (exact) mass is 194 g/mol. The predicted octanol–water partition coefficient (Wildman–Crippen LogP) is 1.83. The predicted molar refractivity (Wildman–Crippen MR) is 54.5 cm³/mol. The Morgan fingerprint density at radius 3 is 2.93 bits per heavy atom. The molecule has 0 aromatic rings. The van der Waals surface area contributed by atoms with E-state index in [2.05, 4.69) is 5.18 Å². The van der Waals surface area contributed by atoms with E-state index < -0.39 is 0 Å². The van der Waals surface area contributed by atoms with Crippen LogP contribution in [0.3, 0.4) is 0 Å². The second kappa shape index (κ2) is 5.32. The van der Waals surface area contributed by atoms with Crippen LogP contribution in [0.2, 0.25) is 0 Å². The highest BCUT2D eigenvalue weighted by Gasteiger charge is 2.16. The Morgan fingerprint density at radius 2 is 2.29 bits per heavy atom. The molecule has 1 unspecified atom stereocenters. The third-order valence-electron chi connectivity index (χ3n) is 2.20. The molecule has 0 aromatic carbocycles. The fourth-order valence-electron chi connectivity index (χ4n) is 1.36. The van der Waals surface area contributed by atoms with Crippen LogP contribution in [0.4, 0.5) is 0 Å². The zero-order valence-corrected chi connectivity index (χ0v) is 8.22. The van der Waals surface area contributed by atoms with Gasteiger partial charge in [0.1, 0.15) is 5.78 Å². The van der Waals surface area contributed by atoms with Gasteiger partial charge in [0, 0.05) is 19.0 Å². The molecule has 1 heterocycles. The quantitative estimate of drug-likeness (QED) is 0.627. The maximum Gasteiger partial charge on any atom is 0.152 e. The molecule has 0 spiro atoms. The van der Waals surface area contributed by atoms with Crippen molar-refractivity contribution in [2.24, 2.45) is 5.18 Å². The van der Waals surface area contributed by atoms with Gasteiger partial charge in [0.25, 0.3) is 0 Å². The number of hydrogen-bond acceptors (Lipinski definition) is 4. The SMILES string of the molecule is CCC(=O)CC1C=CC=CN1CN=O. The van der Waals surface area contributed by atoms with E-state index in [-0.39, 0.29) is 18.5 Å². The standard InChI is InChI=1S/C10H14N2O2/c1-2-10(13)7-9-5-3-4-6-12(9)8-11-14/h3-6,9H,2,7-8H2,1H3. The number of ketones is 1. The van der Waals surface area contributed by atoms with Crippen molar-refractivity contribution in [2.75, 3.05) is 6.67 Å². The van der Waals surface area contributed by atoms with E-state index in [9.17, 15) is 9.70 Å². The highest BCUT2D eigenvalue weighted by atomic mass is 16.3. The molecule has 0 saturated carbocycles. The number of nitroso groups, excluding NO2 is 1. The summed E-state index contributed by atoms with van der Waals surface area (Å²) in [5.74, 6) is 0.200. The minimum absolute atomic E-state index is 0.00912. The molecule has 0 N–H and O–H groups in total. The van der Waals surface area contributed by atoms with Crippen molar-refractivity contribution in [1.29, 1.82) is 0 Å². The highest BCUT2D eigenvalue weighted by molar-refractivity contribution is 5.79. The molecule has 1 aliphatic heterocycles. The van der Waals surface area contributed by atoms with Crippen molar-refractivity contribution >= 4 is 5.78 Å². The van der Waals surface area contributed by atoms with Crippen LogP contribution in [0.5, 0.6) is 0 Å². The molecule has 1 aliphatic rings. The first-order valence-corrected chi connectivity index (χ1v) is 4.69. The topological polar surface area (TPSA) is 49.7 Å². The molecule has 4 heteroatoms. The van der Waals surface area contributed by atoms with Crippen LogP contribution in [0.1, 0.15) is 19.8 Å². The highest BCUT2D eigenvalue weighted by Crippen LogP contribution is 2.12. The molecule has 0 aliphatic carbocycles. The molecule has 1 atom stereocenters. The van der Waals surface area contributed by atoms with E-state index in [0.717, 1.165) is 0 Å². The van der Waals surface area contributed by atoms with Crippen molar-refractivity contribution in [1.82, 2.24) is 4.90 Å². The average molecular weight is 194 g/mol. The van der Waals surface area contributed by atoms with Gasteiger partial charge in [0.05, 0.1) is 6.04 Å². The molecule has 14 heavy (non-hydrogen) atoms. The van der Waals surface area contributed by atoms with E-state index in [0.29, 0.717) is 12.8 Å². The molecule has 76 valence electrons. The van der Waals surface area contributed by atoms with Gasteiger partial charge in [-0.2, -0.15) is 0 Å². The summed E-state index contributed by atoms with van der Waals surface area (Å²) in [6, 6.07) is -0.00912. The third kappa shape index (κ3) is 2.80. The summed E-state index contributed by atoms with van der Waals surface area (Å²) in [5.41, 5.74) is 0. The lowest BCUT2D eigenvalue weighted by atomic mass is 10.1. The first-order chi connectivity index (χ1) is 6.77. The van der Waals surface area contributed by atoms with Crippen LogP contribution in [0.25, 0.3) is 0 Å². The second-order valence-electron chi connectivity index (χ2n) is 3.17. The summed E-state index contributed by atoms with van der Waals surface area (Å²) >= 11 is 0. The maximum atomic E-state index is 11.2. The minimum atomic E-state index is -0.00912. The maximum absolute atomic E-state index is 11.2. The summed E-state index contributed by atoms with van der Waals surface area (Å²) < 4.78 is 0. The van der Waals surface area contributed by atoms with Crippen LogP contribution in [-0.4, -0.2) is 23.4 Å². The summed E-state index contributed by atoms with van der Waals surface area (Å²) in [7, 11) is 0. The number of carbonyl (C=O) groups is 1. The van der Waals surface area contributed by atoms with Crippen LogP contribution < -0.4 is 0 Å². The molecule has 0 bridgehead atoms. The van der Waals surface area contributed by atoms with Crippen molar-refractivity contribution < 1.29 is 4.79 Å². The van der Waals surface area contributed by atoms with Gasteiger partial charge in [-0.25, -0.2) is 0 Å². The third-order valence-corrected chi connectivity index (χ3v) is 2.20. The Kier molecular flexibility index (Phi) is 4.04. The average Bonchev–Trinajstić information content (AvgIpc) is 2.21. The van der Waals surface area contributed by atoms with Gasteiger partial charge in [-0.05, 0) is 11.3 Å². The van der Waals surface area contributed by atoms with Gasteiger partial charge in [0.2, 0.25) is 0 Å². The molecule has 0 fully saturated rings. The second-order valence-corrected chi connectivity index (χ2v) is 3.17. The Morgan fingerprint density at radius 1 is 1.50 bits per heavy atom. The van der Waals surface area contributed by atoms with Crippen LogP contribution >= 0.6 is 0 Å². The Balaban J connectivity index is 2.56. The molecular weight excluding hydrogens is 180 g/mol. The van der Waals surface area contributed by atoms with E-state index in [1.807, 2.05) is 25.2 Å². The van der Waals surface area contributed by atoms with Crippen molar-refractivity contribution in [3.63, 3.8) is 0 Å². The lowest BCUT2D eigenvalue weighted by Crippen LogP contribution is -2.32. The zero-order chi connectivity index (χ0) is 10.4. The number of hydrogen-bond donors (Lipinski definition) is 0. The molecule has 0 amide bonds. The number of rotatable bonds is 5. The zero-order valence-electron chi connectivity index (χ0n) is 8.22. The number of Topliss-reactive ketones (excluding diaryl/α,β-unsaturated/α-hetero) is 1. The van der Waals surface area contributed by atoms with Gasteiger partial charge in [0.15, 0.2) is 6.67 Å². The summed E-state index contributed by atoms with van der Waals surface area (Å²) in [4.78, 5) is 23.1. The summed E-state index contributed by atoms with van der Waals surface area (Å²) in [6.07, 6.45) is 8.41. The van der Waals surface area contributed by atoms with Crippen molar-refractivity contribution in [3.05, 3.63) is 29.3 Å². The molecule has 0 radical (unpaired) electrons. The largest absolute Gasteiger partial charge is 0.349 e. The van der Waals surface area contributed by atoms with Gasteiger partial charge >= 0.3 is 0 Å². The molecule has 1 rings (SSSR count). The Hall–Kier alpha value is -1.45.